The Bertz CT molecular complexity index is 181. The van der Waals surface area contributed by atoms with E-state index < -0.39 is 7.12 Å². The van der Waals surface area contributed by atoms with Crippen molar-refractivity contribution in [1.29, 1.82) is 0 Å². The maximum absolute atomic E-state index is 8.58. The van der Waals surface area contributed by atoms with Gasteiger partial charge in [-0.3, -0.25) is 0 Å². The largest absolute Gasteiger partial charge is 0.488 e. The molecule has 0 heterocycles. The first-order valence-corrected chi connectivity index (χ1v) is 3.72. The molecular weight excluding hydrogens is 252 g/mol. The maximum Gasteiger partial charge on any atom is 0.488 e. The van der Waals surface area contributed by atoms with Crippen LogP contribution in [0.1, 0.15) is 13.8 Å². The third-order valence-electron chi connectivity index (χ3n) is 1.10. The fourth-order valence-corrected chi connectivity index (χ4v) is 0.625. The molecule has 0 amide bonds. The van der Waals surface area contributed by atoms with Crippen molar-refractivity contribution in [2.45, 2.75) is 13.8 Å². The molecule has 1 aromatic rings. The van der Waals surface area contributed by atoms with Gasteiger partial charge in [0.05, 0.1) is 0 Å². The summed E-state index contributed by atoms with van der Waals surface area (Å²) in [5.41, 5.74) is 0.525. The van der Waals surface area contributed by atoms with Crippen molar-refractivity contribution in [1.82, 2.24) is 0 Å². The molecule has 1 aromatic carbocycles. The Morgan fingerprint density at radius 1 is 0.929 bits per heavy atom. The predicted molar refractivity (Wildman–Crippen MR) is 60.4 cm³/mol. The molecule has 79 valence electrons. The standard InChI is InChI=1S/C6H7BO2.C2H6.2CH3.Y/c8-7(9)6-4-2-1-3-5-6;1-2;;;/h1-5,8-9H;1-2H3;2*1H3;/q;;2*-1;. The fraction of sp³-hybridized carbons (Fsp3) is 0.200. The summed E-state index contributed by atoms with van der Waals surface area (Å²) in [6, 6.07) is 8.66. The van der Waals surface area contributed by atoms with Crippen LogP contribution < -0.4 is 5.46 Å². The van der Waals surface area contributed by atoms with Crippen LogP contribution in [0.2, 0.25) is 0 Å². The zero-order valence-electron chi connectivity index (χ0n) is 9.44. The van der Waals surface area contributed by atoms with Crippen LogP contribution in [-0.4, -0.2) is 17.2 Å². The van der Waals surface area contributed by atoms with Crippen LogP contribution in [0.15, 0.2) is 30.3 Å². The SMILES string of the molecule is CC.OB(O)c1ccccc1.[CH3-].[CH3-].[Y]. The molecule has 0 saturated heterocycles. The van der Waals surface area contributed by atoms with Crippen molar-refractivity contribution in [3.63, 3.8) is 0 Å². The van der Waals surface area contributed by atoms with E-state index in [1.54, 1.807) is 24.3 Å². The van der Waals surface area contributed by atoms with E-state index in [1.165, 1.54) is 0 Å². The van der Waals surface area contributed by atoms with Crippen molar-refractivity contribution >= 4 is 12.6 Å². The minimum Gasteiger partial charge on any atom is -0.423 e. The second kappa shape index (κ2) is 15.8. The molecule has 2 N–H and O–H groups in total. The van der Waals surface area contributed by atoms with E-state index in [0.29, 0.717) is 5.46 Å². The normalized spacial score (nSPS) is 6.29. The van der Waals surface area contributed by atoms with Gasteiger partial charge in [0.2, 0.25) is 0 Å². The van der Waals surface area contributed by atoms with Gasteiger partial charge in [-0.05, 0) is 5.46 Å². The molecule has 0 unspecified atom stereocenters. The zero-order valence-corrected chi connectivity index (χ0v) is 12.3. The summed E-state index contributed by atoms with van der Waals surface area (Å²) in [5, 5.41) is 17.2. The fourth-order valence-electron chi connectivity index (χ4n) is 0.625. The number of hydrogen-bond donors (Lipinski definition) is 2. The minimum absolute atomic E-state index is 0. The molecule has 0 atom stereocenters. The molecule has 0 spiro atoms. The van der Waals surface area contributed by atoms with E-state index in [2.05, 4.69) is 0 Å². The summed E-state index contributed by atoms with van der Waals surface area (Å²) in [6.45, 7) is 4.00. The molecule has 0 saturated carbocycles. The summed E-state index contributed by atoms with van der Waals surface area (Å²) >= 11 is 0. The van der Waals surface area contributed by atoms with E-state index in [-0.39, 0.29) is 47.6 Å². The van der Waals surface area contributed by atoms with Crippen molar-refractivity contribution in [2.75, 3.05) is 0 Å². The molecule has 14 heavy (non-hydrogen) atoms. The third kappa shape index (κ3) is 10.4. The first-order valence-electron chi connectivity index (χ1n) is 3.72. The third-order valence-corrected chi connectivity index (χ3v) is 1.10. The molecule has 1 rings (SSSR count). The van der Waals surface area contributed by atoms with Crippen molar-refractivity contribution in [3.8, 4) is 0 Å². The van der Waals surface area contributed by atoms with Gasteiger partial charge in [-0.25, -0.2) is 0 Å². The predicted octanol–water partition coefficient (Wildman–Crippen LogP) is 1.29. The summed E-state index contributed by atoms with van der Waals surface area (Å²) < 4.78 is 0. The van der Waals surface area contributed by atoms with Gasteiger partial charge in [0.15, 0.2) is 0 Å². The average molecular weight is 271 g/mol. The summed E-state index contributed by atoms with van der Waals surface area (Å²) in [6.07, 6.45) is 0. The Hall–Kier alpha value is 0.309. The van der Waals surface area contributed by atoms with Crippen LogP contribution in [0.4, 0.5) is 0 Å². The first-order chi connectivity index (χ1) is 5.30. The van der Waals surface area contributed by atoms with Gasteiger partial charge >= 0.3 is 7.12 Å². The topological polar surface area (TPSA) is 40.5 Å². The Morgan fingerprint density at radius 3 is 1.50 bits per heavy atom. The van der Waals surface area contributed by atoms with Crippen molar-refractivity contribution in [2.24, 2.45) is 0 Å². The van der Waals surface area contributed by atoms with Crippen LogP contribution in [0.3, 0.4) is 0 Å². The number of rotatable bonds is 1. The van der Waals surface area contributed by atoms with E-state index in [4.69, 9.17) is 10.0 Å². The van der Waals surface area contributed by atoms with Gasteiger partial charge < -0.3 is 24.9 Å². The molecule has 0 aliphatic rings. The monoisotopic (exact) mass is 271 g/mol. The molecule has 0 aliphatic carbocycles. The van der Waals surface area contributed by atoms with Crippen molar-refractivity contribution < 1.29 is 42.8 Å². The average Bonchev–Trinajstić information content (AvgIpc) is 2.10. The van der Waals surface area contributed by atoms with Gasteiger partial charge in [-0.1, -0.05) is 44.2 Å². The van der Waals surface area contributed by atoms with Gasteiger partial charge in [-0.15, -0.1) is 0 Å². The van der Waals surface area contributed by atoms with Gasteiger partial charge in [0.25, 0.3) is 0 Å². The second-order valence-corrected chi connectivity index (χ2v) is 1.78. The van der Waals surface area contributed by atoms with Crippen LogP contribution >= 0.6 is 0 Å². The van der Waals surface area contributed by atoms with Crippen LogP contribution in [0.5, 0.6) is 0 Å². The van der Waals surface area contributed by atoms with Gasteiger partial charge in [0, 0.05) is 32.7 Å². The molecular formula is C10H19BO2Y-2. The summed E-state index contributed by atoms with van der Waals surface area (Å²) in [5.74, 6) is 0. The molecule has 0 fully saturated rings. The summed E-state index contributed by atoms with van der Waals surface area (Å²) in [7, 11) is -1.34. The Kier molecular flexibility index (Phi) is 26.9. The Morgan fingerprint density at radius 2 is 1.29 bits per heavy atom. The van der Waals surface area contributed by atoms with Crippen LogP contribution in [0.25, 0.3) is 0 Å². The van der Waals surface area contributed by atoms with Gasteiger partial charge in [0.1, 0.15) is 0 Å². The molecule has 1 radical (unpaired) electrons. The molecule has 0 aliphatic heterocycles. The maximum atomic E-state index is 8.58. The molecule has 0 bridgehead atoms. The van der Waals surface area contributed by atoms with E-state index in [9.17, 15) is 0 Å². The quantitative estimate of drug-likeness (QED) is 0.597. The molecule has 0 aromatic heterocycles. The van der Waals surface area contributed by atoms with Crippen LogP contribution in [0, 0.1) is 14.9 Å². The van der Waals surface area contributed by atoms with Gasteiger partial charge in [-0.2, -0.15) is 0 Å². The molecule has 4 heteroatoms. The minimum atomic E-state index is -1.34. The van der Waals surface area contributed by atoms with Crippen molar-refractivity contribution in [3.05, 3.63) is 45.2 Å². The first kappa shape index (κ1) is 23.8. The second-order valence-electron chi connectivity index (χ2n) is 1.78. The summed E-state index contributed by atoms with van der Waals surface area (Å²) in [4.78, 5) is 0. The van der Waals surface area contributed by atoms with E-state index in [1.807, 2.05) is 19.9 Å². The Labute approximate surface area is 114 Å². The molecule has 2 nitrogen and oxygen atoms in total. The number of benzene rings is 1. The number of hydrogen-bond acceptors (Lipinski definition) is 2. The smallest absolute Gasteiger partial charge is 0.423 e. The van der Waals surface area contributed by atoms with E-state index in [0.717, 1.165) is 0 Å². The Balaban J connectivity index is -0.0000000942. The van der Waals surface area contributed by atoms with E-state index >= 15 is 0 Å². The van der Waals surface area contributed by atoms with Crippen LogP contribution in [-0.2, 0) is 32.7 Å². The zero-order chi connectivity index (χ0) is 8.69.